The number of nitrogens with zero attached hydrogens (tertiary/aromatic N) is 2. The number of likely N-dealkylation sites (N-methyl/N-ethyl adjacent to an activating group) is 2. The summed E-state index contributed by atoms with van der Waals surface area (Å²) in [5, 5.41) is 14.1. The summed E-state index contributed by atoms with van der Waals surface area (Å²) in [7, 11) is 4.12. The fraction of sp³-hybridized carbons (Fsp3) is 0.476. The Kier molecular flexibility index (Phi) is 4.32. The number of benzene rings is 1. The van der Waals surface area contributed by atoms with E-state index in [9.17, 15) is 9.90 Å². The van der Waals surface area contributed by atoms with E-state index in [-0.39, 0.29) is 17.4 Å². The molecule has 138 valence electrons. The summed E-state index contributed by atoms with van der Waals surface area (Å²) in [6.07, 6.45) is 2.36. The van der Waals surface area contributed by atoms with E-state index in [0.717, 1.165) is 24.9 Å². The minimum Gasteiger partial charge on any atom is -0.508 e. The molecule has 5 heteroatoms. The largest absolute Gasteiger partial charge is 0.508 e. The van der Waals surface area contributed by atoms with Crippen LogP contribution < -0.4 is 0 Å². The number of phenols is 1. The van der Waals surface area contributed by atoms with Crippen molar-refractivity contribution in [2.75, 3.05) is 20.6 Å². The highest BCUT2D eigenvalue weighted by Gasteiger charge is 2.52. The standard InChI is InChI=1S/C21H26N2O2S/c1-21-7-8-22(2)18(11-15-4-5-16(24)12-17(15)21)20(21)23(3)19(25)10-14-6-9-26-13-14/h4-6,9,12-13,18,20,24H,7-8,10-11H2,1-3H3. The van der Waals surface area contributed by atoms with Crippen molar-refractivity contribution in [3.05, 3.63) is 51.7 Å². The zero-order valence-electron chi connectivity index (χ0n) is 15.6. The third-order valence-corrected chi connectivity index (χ3v) is 7.18. The van der Waals surface area contributed by atoms with Crippen LogP contribution in [0.5, 0.6) is 5.75 Å². The van der Waals surface area contributed by atoms with Gasteiger partial charge in [-0.3, -0.25) is 4.79 Å². The Balaban J connectivity index is 1.71. The summed E-state index contributed by atoms with van der Waals surface area (Å²) in [6.45, 7) is 3.28. The number of rotatable bonds is 3. The molecule has 1 aliphatic heterocycles. The molecule has 3 unspecified atom stereocenters. The maximum atomic E-state index is 13.0. The highest BCUT2D eigenvalue weighted by Crippen LogP contribution is 2.47. The van der Waals surface area contributed by atoms with Crippen LogP contribution in [-0.2, 0) is 23.1 Å². The lowest BCUT2D eigenvalue weighted by atomic mass is 9.61. The summed E-state index contributed by atoms with van der Waals surface area (Å²) in [4.78, 5) is 17.4. The SMILES string of the molecule is CN1CCC2(C)c3cc(O)ccc3CC1C2N(C)C(=O)Cc1ccsc1. The average Bonchev–Trinajstić information content (AvgIpc) is 3.11. The number of phenolic OH excluding ortho intramolecular Hbond substituents is 1. The monoisotopic (exact) mass is 370 g/mol. The molecule has 2 aromatic rings. The fourth-order valence-electron chi connectivity index (χ4n) is 4.98. The first kappa shape index (κ1) is 17.6. The number of hydrogen-bond acceptors (Lipinski definition) is 4. The predicted octanol–water partition coefficient (Wildman–Crippen LogP) is 3.04. The normalized spacial score (nSPS) is 27.8. The highest BCUT2D eigenvalue weighted by molar-refractivity contribution is 7.08. The molecule has 26 heavy (non-hydrogen) atoms. The Bertz CT molecular complexity index is 819. The smallest absolute Gasteiger partial charge is 0.227 e. The molecule has 2 aliphatic rings. The van der Waals surface area contributed by atoms with E-state index in [1.165, 1.54) is 11.1 Å². The van der Waals surface area contributed by atoms with Gasteiger partial charge in [0.1, 0.15) is 5.75 Å². The van der Waals surface area contributed by atoms with Crippen LogP contribution >= 0.6 is 11.3 Å². The van der Waals surface area contributed by atoms with Crippen LogP contribution in [0.3, 0.4) is 0 Å². The van der Waals surface area contributed by atoms with Gasteiger partial charge < -0.3 is 14.9 Å². The van der Waals surface area contributed by atoms with Gasteiger partial charge in [-0.25, -0.2) is 0 Å². The number of carbonyl (C=O) groups excluding carboxylic acids is 1. The molecule has 1 N–H and O–H groups in total. The molecule has 2 bridgehead atoms. The van der Waals surface area contributed by atoms with Crippen LogP contribution in [0.2, 0.25) is 0 Å². The first-order chi connectivity index (χ1) is 12.4. The second-order valence-corrected chi connectivity index (χ2v) is 8.80. The second-order valence-electron chi connectivity index (χ2n) is 8.02. The molecular formula is C21H26N2O2S. The highest BCUT2D eigenvalue weighted by atomic mass is 32.1. The number of hydrogen-bond donors (Lipinski definition) is 1. The lowest BCUT2D eigenvalue weighted by Crippen LogP contribution is -2.67. The maximum absolute atomic E-state index is 13.0. The van der Waals surface area contributed by atoms with E-state index in [4.69, 9.17) is 0 Å². The number of aromatic hydroxyl groups is 1. The van der Waals surface area contributed by atoms with E-state index >= 15 is 0 Å². The summed E-state index contributed by atoms with van der Waals surface area (Å²) in [6, 6.07) is 8.20. The minimum atomic E-state index is -0.136. The summed E-state index contributed by atoms with van der Waals surface area (Å²) < 4.78 is 0. The molecule has 2 heterocycles. The van der Waals surface area contributed by atoms with Gasteiger partial charge in [-0.15, -0.1) is 0 Å². The Morgan fingerprint density at radius 3 is 2.96 bits per heavy atom. The first-order valence-corrected chi connectivity index (χ1v) is 10.1. The van der Waals surface area contributed by atoms with Crippen LogP contribution in [0, 0.1) is 0 Å². The predicted molar refractivity (Wildman–Crippen MR) is 105 cm³/mol. The first-order valence-electron chi connectivity index (χ1n) is 9.19. The van der Waals surface area contributed by atoms with Gasteiger partial charge in [0.2, 0.25) is 5.91 Å². The topological polar surface area (TPSA) is 43.8 Å². The van der Waals surface area contributed by atoms with Crippen molar-refractivity contribution >= 4 is 17.2 Å². The van der Waals surface area contributed by atoms with Crippen molar-refractivity contribution in [3.63, 3.8) is 0 Å². The van der Waals surface area contributed by atoms with Gasteiger partial charge in [0, 0.05) is 18.5 Å². The number of piperidine rings is 1. The molecule has 4 nitrogen and oxygen atoms in total. The molecule has 1 saturated heterocycles. The zero-order chi connectivity index (χ0) is 18.5. The minimum absolute atomic E-state index is 0.113. The van der Waals surface area contributed by atoms with Crippen molar-refractivity contribution in [2.45, 2.75) is 43.7 Å². The van der Waals surface area contributed by atoms with Crippen LogP contribution in [0.1, 0.15) is 30.0 Å². The molecule has 3 atom stereocenters. The van der Waals surface area contributed by atoms with Crippen LogP contribution in [0.15, 0.2) is 35.0 Å². The molecule has 1 fully saturated rings. The molecule has 1 aromatic carbocycles. The Hall–Kier alpha value is -1.85. The van der Waals surface area contributed by atoms with Crippen LogP contribution in [-0.4, -0.2) is 53.5 Å². The molecule has 1 aromatic heterocycles. The van der Waals surface area contributed by atoms with Gasteiger partial charge in [-0.1, -0.05) is 13.0 Å². The molecule has 1 amide bonds. The summed E-state index contributed by atoms with van der Waals surface area (Å²) >= 11 is 1.63. The average molecular weight is 371 g/mol. The van der Waals surface area contributed by atoms with Crippen LogP contribution in [0.25, 0.3) is 0 Å². The fourth-order valence-corrected chi connectivity index (χ4v) is 5.65. The van der Waals surface area contributed by atoms with Gasteiger partial charge in [0.05, 0.1) is 12.5 Å². The molecular weight excluding hydrogens is 344 g/mol. The number of thiophene rings is 1. The van der Waals surface area contributed by atoms with E-state index in [1.807, 2.05) is 29.5 Å². The number of likely N-dealkylation sites (tertiary alicyclic amines) is 1. The van der Waals surface area contributed by atoms with E-state index in [2.05, 4.69) is 30.3 Å². The number of amides is 1. The van der Waals surface area contributed by atoms with Gasteiger partial charge in [-0.2, -0.15) is 11.3 Å². The van der Waals surface area contributed by atoms with Gasteiger partial charge in [-0.05, 0) is 72.1 Å². The second kappa shape index (κ2) is 6.39. The van der Waals surface area contributed by atoms with E-state index < -0.39 is 0 Å². The Morgan fingerprint density at radius 2 is 2.23 bits per heavy atom. The van der Waals surface area contributed by atoms with Crippen molar-refractivity contribution in [1.82, 2.24) is 9.80 Å². The number of fused-ring (bicyclic) bond motifs is 4. The van der Waals surface area contributed by atoms with Crippen molar-refractivity contribution in [2.24, 2.45) is 0 Å². The third-order valence-electron chi connectivity index (χ3n) is 6.45. The molecule has 0 radical (unpaired) electrons. The van der Waals surface area contributed by atoms with Gasteiger partial charge in [0.25, 0.3) is 0 Å². The Labute approximate surface area is 159 Å². The molecule has 0 spiro atoms. The van der Waals surface area contributed by atoms with Crippen LogP contribution in [0.4, 0.5) is 0 Å². The molecule has 4 rings (SSSR count). The lowest BCUT2D eigenvalue weighted by molar-refractivity contribution is -0.136. The van der Waals surface area contributed by atoms with Gasteiger partial charge >= 0.3 is 0 Å². The molecule has 1 aliphatic carbocycles. The Morgan fingerprint density at radius 1 is 1.42 bits per heavy atom. The number of carbonyl (C=O) groups is 1. The lowest BCUT2D eigenvalue weighted by Gasteiger charge is -2.57. The van der Waals surface area contributed by atoms with Crippen molar-refractivity contribution in [3.8, 4) is 5.75 Å². The quantitative estimate of drug-likeness (QED) is 0.903. The third kappa shape index (κ3) is 2.74. The summed E-state index contributed by atoms with van der Waals surface area (Å²) in [5.74, 6) is 0.483. The summed E-state index contributed by atoms with van der Waals surface area (Å²) in [5.41, 5.74) is 3.46. The van der Waals surface area contributed by atoms with Crippen molar-refractivity contribution in [1.29, 1.82) is 0 Å². The maximum Gasteiger partial charge on any atom is 0.227 e. The zero-order valence-corrected chi connectivity index (χ0v) is 16.4. The van der Waals surface area contributed by atoms with E-state index in [0.29, 0.717) is 18.2 Å². The van der Waals surface area contributed by atoms with Gasteiger partial charge in [0.15, 0.2) is 0 Å². The molecule has 0 saturated carbocycles. The van der Waals surface area contributed by atoms with Crippen molar-refractivity contribution < 1.29 is 9.90 Å². The van der Waals surface area contributed by atoms with E-state index in [1.54, 1.807) is 17.4 Å².